The van der Waals surface area contributed by atoms with Gasteiger partial charge in [-0.15, -0.1) is 0 Å². The summed E-state index contributed by atoms with van der Waals surface area (Å²) < 4.78 is 0.904. The lowest BCUT2D eigenvalue weighted by molar-refractivity contribution is -0.152. The van der Waals surface area contributed by atoms with Crippen LogP contribution in [0.2, 0.25) is 0 Å². The normalized spacial score (nSPS) is 21.0. The second-order valence-electron chi connectivity index (χ2n) is 6.44. The van der Waals surface area contributed by atoms with E-state index in [1.54, 1.807) is 12.4 Å². The van der Waals surface area contributed by atoms with Crippen molar-refractivity contribution in [2.75, 3.05) is 0 Å². The van der Waals surface area contributed by atoms with Crippen LogP contribution in [0.15, 0.2) is 22.9 Å². The summed E-state index contributed by atoms with van der Waals surface area (Å²) in [5, 5.41) is 9.66. The monoisotopic (exact) mass is 325 g/mol. The van der Waals surface area contributed by atoms with Crippen LogP contribution < -0.4 is 0 Å². The molecule has 1 heterocycles. The van der Waals surface area contributed by atoms with Gasteiger partial charge in [0.25, 0.3) is 0 Å². The molecule has 1 aromatic rings. The molecule has 104 valence electrons. The fourth-order valence-corrected chi connectivity index (χ4v) is 3.23. The van der Waals surface area contributed by atoms with Crippen LogP contribution in [0.4, 0.5) is 0 Å². The lowest BCUT2D eigenvalue weighted by atomic mass is 9.63. The minimum absolute atomic E-state index is 0.272. The molecule has 0 amide bonds. The second-order valence-corrected chi connectivity index (χ2v) is 7.35. The van der Waals surface area contributed by atoms with Gasteiger partial charge in [0, 0.05) is 16.9 Å². The van der Waals surface area contributed by atoms with Crippen molar-refractivity contribution >= 4 is 21.9 Å². The topological polar surface area (TPSA) is 50.2 Å². The van der Waals surface area contributed by atoms with Gasteiger partial charge >= 0.3 is 5.97 Å². The molecule has 0 atom stereocenters. The Hall–Kier alpha value is -0.900. The summed E-state index contributed by atoms with van der Waals surface area (Å²) >= 11 is 3.39. The molecular weight excluding hydrogens is 306 g/mol. The minimum Gasteiger partial charge on any atom is -0.481 e. The van der Waals surface area contributed by atoms with Crippen LogP contribution in [0.1, 0.15) is 45.1 Å². The molecule has 0 aromatic carbocycles. The molecule has 0 spiro atoms. The lowest BCUT2D eigenvalue weighted by Gasteiger charge is -2.41. The van der Waals surface area contributed by atoms with Gasteiger partial charge in [-0.3, -0.25) is 9.78 Å². The third kappa shape index (κ3) is 3.35. The van der Waals surface area contributed by atoms with Gasteiger partial charge in [-0.05, 0) is 65.1 Å². The first-order chi connectivity index (χ1) is 8.83. The van der Waals surface area contributed by atoms with E-state index in [1.165, 1.54) is 0 Å². The fraction of sp³-hybridized carbons (Fsp3) is 0.600. The van der Waals surface area contributed by atoms with Gasteiger partial charge in [-0.2, -0.15) is 0 Å². The summed E-state index contributed by atoms with van der Waals surface area (Å²) in [7, 11) is 0. The molecule has 1 N–H and O–H groups in total. The standard InChI is InChI=1S/C15H20BrNO2/c1-14(2)3-5-15(6-4-14,13(18)19)8-11-7-12(16)10-17-9-11/h7,9-10H,3-6,8H2,1-2H3,(H,18,19). The third-order valence-corrected chi connectivity index (χ3v) is 4.75. The molecule has 0 aliphatic heterocycles. The van der Waals surface area contributed by atoms with Crippen molar-refractivity contribution in [2.45, 2.75) is 46.0 Å². The number of carbonyl (C=O) groups is 1. The van der Waals surface area contributed by atoms with Gasteiger partial charge in [0.2, 0.25) is 0 Å². The first-order valence-electron chi connectivity index (χ1n) is 6.66. The number of carboxylic acid groups (broad SMARTS) is 1. The minimum atomic E-state index is -0.664. The van der Waals surface area contributed by atoms with Crippen molar-refractivity contribution in [2.24, 2.45) is 10.8 Å². The molecule has 3 nitrogen and oxygen atoms in total. The molecule has 0 bridgehead atoms. The number of pyridine rings is 1. The zero-order chi connectivity index (χ0) is 14.1. The van der Waals surface area contributed by atoms with E-state index in [9.17, 15) is 9.90 Å². The highest BCUT2D eigenvalue weighted by molar-refractivity contribution is 9.10. The van der Waals surface area contributed by atoms with Crippen molar-refractivity contribution in [3.8, 4) is 0 Å². The van der Waals surface area contributed by atoms with Crippen LogP contribution in [0.3, 0.4) is 0 Å². The number of aliphatic carboxylic acids is 1. The Labute approximate surface area is 122 Å². The van der Waals surface area contributed by atoms with E-state index in [-0.39, 0.29) is 5.41 Å². The average molecular weight is 326 g/mol. The van der Waals surface area contributed by atoms with Crippen molar-refractivity contribution < 1.29 is 9.90 Å². The molecule has 1 aromatic heterocycles. The predicted octanol–water partition coefficient (Wildman–Crippen LogP) is 4.06. The van der Waals surface area contributed by atoms with Crippen LogP contribution in [0.5, 0.6) is 0 Å². The van der Waals surface area contributed by atoms with Crippen molar-refractivity contribution in [1.29, 1.82) is 0 Å². The number of carboxylic acids is 1. The molecule has 1 aliphatic carbocycles. The lowest BCUT2D eigenvalue weighted by Crippen LogP contribution is -2.39. The number of hydrogen-bond donors (Lipinski definition) is 1. The Bertz CT molecular complexity index is 475. The summed E-state index contributed by atoms with van der Waals surface area (Å²) in [6.07, 6.45) is 7.52. The van der Waals surface area contributed by atoms with E-state index >= 15 is 0 Å². The third-order valence-electron chi connectivity index (χ3n) is 4.32. The Morgan fingerprint density at radius 1 is 1.32 bits per heavy atom. The molecule has 0 saturated heterocycles. The molecule has 0 radical (unpaired) electrons. The molecule has 1 saturated carbocycles. The first kappa shape index (κ1) is 14.5. The zero-order valence-corrected chi connectivity index (χ0v) is 13.0. The maximum atomic E-state index is 11.7. The maximum Gasteiger partial charge on any atom is 0.309 e. The fourth-order valence-electron chi connectivity index (χ4n) is 2.81. The van der Waals surface area contributed by atoms with E-state index in [0.717, 1.165) is 35.7 Å². The van der Waals surface area contributed by atoms with Crippen molar-refractivity contribution in [1.82, 2.24) is 4.98 Å². The van der Waals surface area contributed by atoms with E-state index in [2.05, 4.69) is 34.8 Å². The summed E-state index contributed by atoms with van der Waals surface area (Å²) in [5.74, 6) is -0.664. The molecular formula is C15H20BrNO2. The van der Waals surface area contributed by atoms with Gasteiger partial charge < -0.3 is 5.11 Å². The summed E-state index contributed by atoms with van der Waals surface area (Å²) in [6.45, 7) is 4.44. The number of aromatic nitrogens is 1. The van der Waals surface area contributed by atoms with Crippen LogP contribution >= 0.6 is 15.9 Å². The number of halogens is 1. The summed E-state index contributed by atoms with van der Waals surface area (Å²) in [5.41, 5.74) is 0.656. The predicted molar refractivity (Wildman–Crippen MR) is 78.0 cm³/mol. The SMILES string of the molecule is CC1(C)CCC(Cc2cncc(Br)c2)(C(=O)O)CC1. The maximum absolute atomic E-state index is 11.7. The van der Waals surface area contributed by atoms with E-state index in [4.69, 9.17) is 0 Å². The van der Waals surface area contributed by atoms with Crippen LogP contribution in [0.25, 0.3) is 0 Å². The van der Waals surface area contributed by atoms with E-state index in [0.29, 0.717) is 6.42 Å². The number of nitrogens with zero attached hydrogens (tertiary/aromatic N) is 1. The first-order valence-corrected chi connectivity index (χ1v) is 7.45. The van der Waals surface area contributed by atoms with Gasteiger partial charge in [-0.25, -0.2) is 0 Å². The Balaban J connectivity index is 2.20. The van der Waals surface area contributed by atoms with Gasteiger partial charge in [0.05, 0.1) is 5.41 Å². The molecule has 2 rings (SSSR count). The summed E-state index contributed by atoms with van der Waals surface area (Å²) in [4.78, 5) is 15.9. The van der Waals surface area contributed by atoms with Crippen LogP contribution in [0, 0.1) is 10.8 Å². The smallest absolute Gasteiger partial charge is 0.309 e. The largest absolute Gasteiger partial charge is 0.481 e. The zero-order valence-electron chi connectivity index (χ0n) is 11.4. The van der Waals surface area contributed by atoms with Crippen molar-refractivity contribution in [3.63, 3.8) is 0 Å². The molecule has 1 fully saturated rings. The number of rotatable bonds is 3. The molecule has 1 aliphatic rings. The van der Waals surface area contributed by atoms with Gasteiger partial charge in [0.15, 0.2) is 0 Å². The quantitative estimate of drug-likeness (QED) is 0.911. The van der Waals surface area contributed by atoms with Crippen molar-refractivity contribution in [3.05, 3.63) is 28.5 Å². The van der Waals surface area contributed by atoms with Gasteiger partial charge in [0.1, 0.15) is 0 Å². The second kappa shape index (κ2) is 5.23. The average Bonchev–Trinajstić information content (AvgIpc) is 2.32. The highest BCUT2D eigenvalue weighted by Gasteiger charge is 2.44. The van der Waals surface area contributed by atoms with Crippen LogP contribution in [-0.2, 0) is 11.2 Å². The molecule has 0 unspecified atom stereocenters. The molecule has 19 heavy (non-hydrogen) atoms. The molecule has 4 heteroatoms. The highest BCUT2D eigenvalue weighted by Crippen LogP contribution is 2.47. The van der Waals surface area contributed by atoms with E-state index in [1.807, 2.05) is 6.07 Å². The summed E-state index contributed by atoms with van der Waals surface area (Å²) in [6, 6.07) is 1.97. The van der Waals surface area contributed by atoms with Crippen LogP contribution in [-0.4, -0.2) is 16.1 Å². The van der Waals surface area contributed by atoms with E-state index < -0.39 is 11.4 Å². The highest BCUT2D eigenvalue weighted by atomic mass is 79.9. The number of hydrogen-bond acceptors (Lipinski definition) is 2. The van der Waals surface area contributed by atoms with Gasteiger partial charge in [-0.1, -0.05) is 13.8 Å². The Morgan fingerprint density at radius 3 is 2.47 bits per heavy atom. The Kier molecular flexibility index (Phi) is 4.00. The Morgan fingerprint density at radius 2 is 1.95 bits per heavy atom.